The third-order valence-electron chi connectivity index (χ3n) is 2.91. The third-order valence-corrected chi connectivity index (χ3v) is 2.91. The first-order valence-electron chi connectivity index (χ1n) is 6.11. The van der Waals surface area contributed by atoms with Crippen molar-refractivity contribution in [2.24, 2.45) is 0 Å². The van der Waals surface area contributed by atoms with Crippen LogP contribution in [0.2, 0.25) is 0 Å². The van der Waals surface area contributed by atoms with E-state index in [-0.39, 0.29) is 18.6 Å². The summed E-state index contributed by atoms with van der Waals surface area (Å²) >= 11 is 0. The molecule has 5 heteroatoms. The van der Waals surface area contributed by atoms with Crippen molar-refractivity contribution in [1.29, 1.82) is 0 Å². The van der Waals surface area contributed by atoms with Gasteiger partial charge in [-0.15, -0.1) is 0 Å². The lowest BCUT2D eigenvalue weighted by molar-refractivity contribution is 0.170. The predicted octanol–water partition coefficient (Wildman–Crippen LogP) is 0.808. The highest BCUT2D eigenvalue weighted by Crippen LogP contribution is 2.10. The summed E-state index contributed by atoms with van der Waals surface area (Å²) in [4.78, 5) is 11.5. The summed E-state index contributed by atoms with van der Waals surface area (Å²) in [7, 11) is 0. The molecule has 3 N–H and O–H groups in total. The number of benzene rings is 1. The van der Waals surface area contributed by atoms with E-state index in [4.69, 9.17) is 4.74 Å². The fraction of sp³-hybridized carbons (Fsp3) is 0.462. The second kappa shape index (κ2) is 6.37. The van der Waals surface area contributed by atoms with Crippen LogP contribution in [-0.2, 0) is 4.74 Å². The van der Waals surface area contributed by atoms with Crippen LogP contribution in [-0.4, -0.2) is 36.9 Å². The fourth-order valence-corrected chi connectivity index (χ4v) is 1.87. The summed E-state index contributed by atoms with van der Waals surface area (Å²) in [5.41, 5.74) is 0.794. The first-order valence-corrected chi connectivity index (χ1v) is 6.11. The van der Waals surface area contributed by atoms with Crippen molar-refractivity contribution in [2.75, 3.05) is 19.8 Å². The van der Waals surface area contributed by atoms with Crippen molar-refractivity contribution in [3.63, 3.8) is 0 Å². The standard InChI is InChI=1S/C13H18N2O3/c16-12(10-4-2-1-3-5-10)8-14-13(17)15-11-6-7-18-9-11/h1-5,11-12,16H,6-9H2,(H2,14,15,17). The molecule has 2 unspecified atom stereocenters. The van der Waals surface area contributed by atoms with E-state index in [1.54, 1.807) is 0 Å². The minimum Gasteiger partial charge on any atom is -0.387 e. The van der Waals surface area contributed by atoms with E-state index >= 15 is 0 Å². The molecule has 18 heavy (non-hydrogen) atoms. The number of carbonyl (C=O) groups is 1. The van der Waals surface area contributed by atoms with Gasteiger partial charge in [-0.2, -0.15) is 0 Å². The maximum absolute atomic E-state index is 11.5. The Morgan fingerprint density at radius 3 is 2.89 bits per heavy atom. The SMILES string of the molecule is O=C(NCC(O)c1ccccc1)NC1CCOC1. The van der Waals surface area contributed by atoms with E-state index in [2.05, 4.69) is 10.6 Å². The van der Waals surface area contributed by atoms with E-state index in [1.807, 2.05) is 30.3 Å². The maximum atomic E-state index is 11.5. The number of amides is 2. The largest absolute Gasteiger partial charge is 0.387 e. The Kier molecular flexibility index (Phi) is 4.55. The molecule has 98 valence electrons. The van der Waals surface area contributed by atoms with Gasteiger partial charge in [-0.1, -0.05) is 30.3 Å². The normalized spacial score (nSPS) is 20.4. The lowest BCUT2D eigenvalue weighted by Gasteiger charge is -2.15. The van der Waals surface area contributed by atoms with Crippen LogP contribution in [0.15, 0.2) is 30.3 Å². The van der Waals surface area contributed by atoms with E-state index in [0.29, 0.717) is 13.2 Å². The van der Waals surface area contributed by atoms with Gasteiger partial charge in [0.25, 0.3) is 0 Å². The number of aliphatic hydroxyl groups is 1. The van der Waals surface area contributed by atoms with Gasteiger partial charge in [-0.3, -0.25) is 0 Å². The van der Waals surface area contributed by atoms with Gasteiger partial charge in [0, 0.05) is 13.2 Å². The number of carbonyl (C=O) groups excluding carboxylic acids is 1. The molecule has 0 aromatic heterocycles. The van der Waals surface area contributed by atoms with Crippen molar-refractivity contribution < 1.29 is 14.6 Å². The molecule has 1 aliphatic heterocycles. The molecule has 1 fully saturated rings. The summed E-state index contributed by atoms with van der Waals surface area (Å²) < 4.78 is 5.16. The van der Waals surface area contributed by atoms with E-state index in [1.165, 1.54) is 0 Å². The minimum atomic E-state index is -0.684. The molecule has 1 saturated heterocycles. The van der Waals surface area contributed by atoms with Crippen LogP contribution in [0.25, 0.3) is 0 Å². The number of rotatable bonds is 4. The van der Waals surface area contributed by atoms with Crippen molar-refractivity contribution in [3.8, 4) is 0 Å². The van der Waals surface area contributed by atoms with E-state index < -0.39 is 6.10 Å². The number of aliphatic hydroxyl groups excluding tert-OH is 1. The number of urea groups is 1. The van der Waals surface area contributed by atoms with Gasteiger partial charge in [0.2, 0.25) is 0 Å². The molecule has 0 spiro atoms. The zero-order valence-electron chi connectivity index (χ0n) is 10.1. The molecule has 5 nitrogen and oxygen atoms in total. The average Bonchev–Trinajstić information content (AvgIpc) is 2.90. The van der Waals surface area contributed by atoms with Crippen LogP contribution in [0.1, 0.15) is 18.1 Å². The van der Waals surface area contributed by atoms with Gasteiger partial charge in [-0.25, -0.2) is 4.79 Å². The summed E-state index contributed by atoms with van der Waals surface area (Å²) in [6.07, 6.45) is 0.158. The Morgan fingerprint density at radius 1 is 1.44 bits per heavy atom. The van der Waals surface area contributed by atoms with Crippen LogP contribution in [0.3, 0.4) is 0 Å². The average molecular weight is 250 g/mol. The Balaban J connectivity index is 1.72. The molecule has 1 aromatic carbocycles. The van der Waals surface area contributed by atoms with Gasteiger partial charge in [0.15, 0.2) is 0 Å². The van der Waals surface area contributed by atoms with Crippen LogP contribution in [0.5, 0.6) is 0 Å². The molecule has 2 rings (SSSR count). The maximum Gasteiger partial charge on any atom is 0.315 e. The Labute approximate surface area is 106 Å². The first kappa shape index (κ1) is 12.9. The molecule has 0 saturated carbocycles. The number of ether oxygens (including phenoxy) is 1. The minimum absolute atomic E-state index is 0.0823. The molecule has 1 aromatic rings. The highest BCUT2D eigenvalue weighted by molar-refractivity contribution is 5.74. The molecule has 2 amide bonds. The summed E-state index contributed by atoms with van der Waals surface area (Å²) in [6.45, 7) is 1.45. The predicted molar refractivity (Wildman–Crippen MR) is 67.2 cm³/mol. The molecular weight excluding hydrogens is 232 g/mol. The van der Waals surface area contributed by atoms with Gasteiger partial charge in [0.05, 0.1) is 18.8 Å². The highest BCUT2D eigenvalue weighted by Gasteiger charge is 2.18. The fourth-order valence-electron chi connectivity index (χ4n) is 1.87. The molecule has 0 aliphatic carbocycles. The Hall–Kier alpha value is -1.59. The van der Waals surface area contributed by atoms with Gasteiger partial charge in [0.1, 0.15) is 0 Å². The lowest BCUT2D eigenvalue weighted by atomic mass is 10.1. The van der Waals surface area contributed by atoms with E-state index in [9.17, 15) is 9.90 Å². The zero-order chi connectivity index (χ0) is 12.8. The quantitative estimate of drug-likeness (QED) is 0.740. The van der Waals surface area contributed by atoms with Gasteiger partial charge in [-0.05, 0) is 12.0 Å². The van der Waals surface area contributed by atoms with Crippen molar-refractivity contribution >= 4 is 6.03 Å². The molecule has 0 bridgehead atoms. The smallest absolute Gasteiger partial charge is 0.315 e. The summed E-state index contributed by atoms with van der Waals surface area (Å²) in [5.74, 6) is 0. The van der Waals surface area contributed by atoms with E-state index in [0.717, 1.165) is 12.0 Å². The molecule has 1 aliphatic rings. The van der Waals surface area contributed by atoms with Crippen molar-refractivity contribution in [1.82, 2.24) is 10.6 Å². The second-order valence-corrected chi connectivity index (χ2v) is 4.34. The molecule has 0 radical (unpaired) electrons. The molecule has 1 heterocycles. The Morgan fingerprint density at radius 2 is 2.22 bits per heavy atom. The highest BCUT2D eigenvalue weighted by atomic mass is 16.5. The zero-order valence-corrected chi connectivity index (χ0v) is 10.1. The Bertz CT molecular complexity index is 377. The van der Waals surface area contributed by atoms with Gasteiger partial charge >= 0.3 is 6.03 Å². The molecule has 2 atom stereocenters. The van der Waals surface area contributed by atoms with Crippen LogP contribution in [0, 0.1) is 0 Å². The number of hydrogen-bond acceptors (Lipinski definition) is 3. The summed E-state index contributed by atoms with van der Waals surface area (Å²) in [6, 6.07) is 9.07. The van der Waals surface area contributed by atoms with Crippen molar-refractivity contribution in [3.05, 3.63) is 35.9 Å². The second-order valence-electron chi connectivity index (χ2n) is 4.34. The third kappa shape index (κ3) is 3.72. The van der Waals surface area contributed by atoms with Crippen LogP contribution in [0.4, 0.5) is 4.79 Å². The number of nitrogens with one attached hydrogen (secondary N) is 2. The number of hydrogen-bond donors (Lipinski definition) is 3. The monoisotopic (exact) mass is 250 g/mol. The lowest BCUT2D eigenvalue weighted by Crippen LogP contribution is -2.43. The topological polar surface area (TPSA) is 70.6 Å². The summed E-state index contributed by atoms with van der Waals surface area (Å²) in [5, 5.41) is 15.3. The first-order chi connectivity index (χ1) is 8.75. The molecular formula is C13H18N2O3. The van der Waals surface area contributed by atoms with Crippen LogP contribution < -0.4 is 10.6 Å². The van der Waals surface area contributed by atoms with Crippen LogP contribution >= 0.6 is 0 Å². The van der Waals surface area contributed by atoms with Gasteiger partial charge < -0.3 is 20.5 Å². The van der Waals surface area contributed by atoms with Crippen molar-refractivity contribution in [2.45, 2.75) is 18.6 Å².